The fourth-order valence-corrected chi connectivity index (χ4v) is 4.58. The first-order valence-corrected chi connectivity index (χ1v) is 9.57. The third kappa shape index (κ3) is 2.42. The van der Waals surface area contributed by atoms with Crippen LogP contribution in [0.2, 0.25) is 0 Å². The predicted molar refractivity (Wildman–Crippen MR) is 93.1 cm³/mol. The lowest BCUT2D eigenvalue weighted by atomic mass is 10.2. The van der Waals surface area contributed by atoms with Crippen LogP contribution in [-0.2, 0) is 29.5 Å². The third-order valence-electron chi connectivity index (χ3n) is 4.59. The Morgan fingerprint density at radius 1 is 1.04 bits per heavy atom. The van der Waals surface area contributed by atoms with Gasteiger partial charge in [-0.25, -0.2) is 13.4 Å². The highest BCUT2D eigenvalue weighted by Crippen LogP contribution is 2.25. The zero-order valence-corrected chi connectivity index (χ0v) is 14.3. The highest BCUT2D eigenvalue weighted by molar-refractivity contribution is 7.89. The molecule has 0 saturated carbocycles. The molecule has 0 amide bonds. The van der Waals surface area contributed by atoms with Crippen LogP contribution in [-0.4, -0.2) is 28.8 Å². The molecule has 1 aromatic heterocycles. The molecule has 124 valence electrons. The molecule has 0 spiro atoms. The van der Waals surface area contributed by atoms with Crippen LogP contribution < -0.4 is 0 Å². The van der Waals surface area contributed by atoms with Crippen molar-refractivity contribution in [3.8, 4) is 0 Å². The van der Waals surface area contributed by atoms with Gasteiger partial charge >= 0.3 is 0 Å². The van der Waals surface area contributed by atoms with Gasteiger partial charge in [-0.1, -0.05) is 31.2 Å². The lowest BCUT2D eigenvalue weighted by Crippen LogP contribution is -2.38. The zero-order chi connectivity index (χ0) is 16.7. The van der Waals surface area contributed by atoms with Crippen molar-refractivity contribution in [2.24, 2.45) is 0 Å². The molecule has 0 atom stereocenters. The van der Waals surface area contributed by atoms with Gasteiger partial charge in [-0.05, 0) is 36.2 Å². The number of hydrogen-bond donors (Lipinski definition) is 0. The number of rotatable bonds is 3. The molecule has 2 heterocycles. The van der Waals surface area contributed by atoms with Crippen molar-refractivity contribution < 1.29 is 8.42 Å². The number of aryl methyl sites for hydroxylation is 1. The fraction of sp³-hybridized carbons (Fsp3) is 0.278. The van der Waals surface area contributed by atoms with Gasteiger partial charge in [0, 0.05) is 13.1 Å². The van der Waals surface area contributed by atoms with E-state index >= 15 is 0 Å². The van der Waals surface area contributed by atoms with E-state index in [1.54, 1.807) is 12.1 Å². The highest BCUT2D eigenvalue weighted by Gasteiger charge is 2.29. The van der Waals surface area contributed by atoms with Gasteiger partial charge in [-0.3, -0.25) is 0 Å². The summed E-state index contributed by atoms with van der Waals surface area (Å²) in [6.07, 6.45) is 0.897. The monoisotopic (exact) mass is 341 g/mol. The summed E-state index contributed by atoms with van der Waals surface area (Å²) < 4.78 is 29.4. The minimum atomic E-state index is -3.49. The van der Waals surface area contributed by atoms with Gasteiger partial charge in [0.05, 0.1) is 22.5 Å². The van der Waals surface area contributed by atoms with E-state index in [4.69, 9.17) is 0 Å². The molecule has 6 heteroatoms. The number of nitrogens with zero attached hydrogens (tertiary/aromatic N) is 3. The van der Waals surface area contributed by atoms with Gasteiger partial charge in [0.2, 0.25) is 10.0 Å². The first-order chi connectivity index (χ1) is 11.6. The second kappa shape index (κ2) is 5.72. The number of benzene rings is 2. The van der Waals surface area contributed by atoms with E-state index in [9.17, 15) is 8.42 Å². The molecule has 0 radical (unpaired) electrons. The van der Waals surface area contributed by atoms with Gasteiger partial charge in [-0.2, -0.15) is 4.31 Å². The number of aromatic nitrogens is 2. The van der Waals surface area contributed by atoms with Crippen molar-refractivity contribution in [2.45, 2.75) is 31.3 Å². The van der Waals surface area contributed by atoms with Crippen LogP contribution >= 0.6 is 0 Å². The molecule has 0 unspecified atom stereocenters. The average Bonchev–Trinajstić information content (AvgIpc) is 2.99. The first-order valence-electron chi connectivity index (χ1n) is 8.13. The van der Waals surface area contributed by atoms with Crippen molar-refractivity contribution >= 4 is 21.1 Å². The summed E-state index contributed by atoms with van der Waals surface area (Å²) in [5.41, 5.74) is 3.12. The number of hydrogen-bond acceptors (Lipinski definition) is 3. The smallest absolute Gasteiger partial charge is 0.243 e. The summed E-state index contributed by atoms with van der Waals surface area (Å²) in [4.78, 5) is 4.95. The molecule has 24 heavy (non-hydrogen) atoms. The maximum Gasteiger partial charge on any atom is 0.243 e. The molecule has 0 fully saturated rings. The fourth-order valence-electron chi connectivity index (χ4n) is 3.20. The zero-order valence-electron chi connectivity index (χ0n) is 13.5. The Morgan fingerprint density at radius 3 is 2.54 bits per heavy atom. The maximum atomic E-state index is 12.9. The molecule has 0 aliphatic carbocycles. The predicted octanol–water partition coefficient (Wildman–Crippen LogP) is 2.80. The van der Waals surface area contributed by atoms with Gasteiger partial charge in [0.1, 0.15) is 5.82 Å². The van der Waals surface area contributed by atoms with Gasteiger partial charge in [0.25, 0.3) is 0 Å². The topological polar surface area (TPSA) is 55.2 Å². The van der Waals surface area contributed by atoms with Crippen molar-refractivity contribution in [1.82, 2.24) is 13.9 Å². The lowest BCUT2D eigenvalue weighted by Gasteiger charge is -2.27. The number of imidazole rings is 1. The summed E-state index contributed by atoms with van der Waals surface area (Å²) in [5.74, 6) is 0.802. The first kappa shape index (κ1) is 15.4. The van der Waals surface area contributed by atoms with Crippen LogP contribution in [0.3, 0.4) is 0 Å². The van der Waals surface area contributed by atoms with Crippen LogP contribution in [0, 0.1) is 0 Å². The largest absolute Gasteiger partial charge is 0.326 e. The van der Waals surface area contributed by atoms with E-state index in [0.717, 1.165) is 28.8 Å². The second-order valence-corrected chi connectivity index (χ2v) is 7.94. The van der Waals surface area contributed by atoms with Crippen molar-refractivity contribution in [1.29, 1.82) is 0 Å². The van der Waals surface area contributed by atoms with E-state index in [-0.39, 0.29) is 0 Å². The van der Waals surface area contributed by atoms with E-state index in [1.165, 1.54) is 4.31 Å². The van der Waals surface area contributed by atoms with Crippen LogP contribution in [0.5, 0.6) is 0 Å². The Bertz CT molecular complexity index is 991. The third-order valence-corrected chi connectivity index (χ3v) is 6.45. The van der Waals surface area contributed by atoms with Gasteiger partial charge < -0.3 is 4.57 Å². The van der Waals surface area contributed by atoms with Crippen LogP contribution in [0.25, 0.3) is 11.0 Å². The van der Waals surface area contributed by atoms with Gasteiger partial charge in [0.15, 0.2) is 0 Å². The molecular weight excluding hydrogens is 322 g/mol. The number of sulfonamides is 1. The quantitative estimate of drug-likeness (QED) is 0.736. The maximum absolute atomic E-state index is 12.9. The molecule has 1 aliphatic heterocycles. The van der Waals surface area contributed by atoms with E-state index in [2.05, 4.69) is 16.5 Å². The molecule has 0 bridgehead atoms. The Balaban J connectivity index is 1.67. The average molecular weight is 341 g/mol. The highest BCUT2D eigenvalue weighted by atomic mass is 32.2. The molecular formula is C18H19N3O2S. The number of para-hydroxylation sites is 2. The molecule has 1 aliphatic rings. The Hall–Kier alpha value is -2.18. The summed E-state index contributed by atoms with van der Waals surface area (Å²) in [6, 6.07) is 15.1. The van der Waals surface area contributed by atoms with E-state index in [0.29, 0.717) is 24.5 Å². The minimum Gasteiger partial charge on any atom is -0.326 e. The van der Waals surface area contributed by atoms with Crippen LogP contribution in [0.4, 0.5) is 0 Å². The van der Waals surface area contributed by atoms with Crippen molar-refractivity contribution in [3.63, 3.8) is 0 Å². The lowest BCUT2D eigenvalue weighted by molar-refractivity contribution is 0.339. The van der Waals surface area contributed by atoms with Gasteiger partial charge in [-0.15, -0.1) is 0 Å². The summed E-state index contributed by atoms with van der Waals surface area (Å²) in [7, 11) is -3.49. The SMILES string of the molecule is CCc1ccc(S(=O)(=O)N2CCn3c(nc4ccccc43)C2)cc1. The molecule has 5 nitrogen and oxygen atoms in total. The second-order valence-electron chi connectivity index (χ2n) is 6.00. The number of fused-ring (bicyclic) bond motifs is 3. The Morgan fingerprint density at radius 2 is 1.79 bits per heavy atom. The van der Waals surface area contributed by atoms with E-state index < -0.39 is 10.0 Å². The Kier molecular flexibility index (Phi) is 3.66. The van der Waals surface area contributed by atoms with E-state index in [1.807, 2.05) is 36.4 Å². The molecule has 0 N–H and O–H groups in total. The molecule has 4 rings (SSSR count). The Labute approximate surface area is 141 Å². The normalized spacial score (nSPS) is 15.5. The molecule has 0 saturated heterocycles. The standard InChI is InChI=1S/C18H19N3O2S/c1-2-14-7-9-15(10-8-14)24(22,23)20-11-12-21-17-6-4-3-5-16(17)19-18(21)13-20/h3-10H,2,11-13H2,1H3. The summed E-state index contributed by atoms with van der Waals surface area (Å²) >= 11 is 0. The summed E-state index contributed by atoms with van der Waals surface area (Å²) in [6.45, 7) is 3.46. The summed E-state index contributed by atoms with van der Waals surface area (Å²) in [5, 5.41) is 0. The minimum absolute atomic E-state index is 0.312. The van der Waals surface area contributed by atoms with Crippen LogP contribution in [0.1, 0.15) is 18.3 Å². The van der Waals surface area contributed by atoms with Crippen LogP contribution in [0.15, 0.2) is 53.4 Å². The van der Waals surface area contributed by atoms with Crippen molar-refractivity contribution in [2.75, 3.05) is 6.54 Å². The van der Waals surface area contributed by atoms with Crippen molar-refractivity contribution in [3.05, 3.63) is 59.9 Å². The molecule has 2 aromatic carbocycles. The molecule has 3 aromatic rings.